The van der Waals surface area contributed by atoms with Crippen LogP contribution in [0.1, 0.15) is 32.1 Å². The molecule has 1 aliphatic carbocycles. The molecule has 126 valence electrons. The summed E-state index contributed by atoms with van der Waals surface area (Å²) < 4.78 is 2.05. The van der Waals surface area contributed by atoms with E-state index in [4.69, 9.17) is 4.98 Å². The minimum Gasteiger partial charge on any atom is -0.338 e. The monoisotopic (exact) mass is 334 g/mol. The van der Waals surface area contributed by atoms with Crippen molar-refractivity contribution in [2.45, 2.75) is 38.1 Å². The molecule has 3 N–H and O–H groups in total. The highest BCUT2D eigenvalue weighted by Gasteiger charge is 2.22. The Morgan fingerprint density at radius 1 is 1.04 bits per heavy atom. The van der Waals surface area contributed by atoms with E-state index in [1.807, 2.05) is 23.0 Å². The SMILES string of the molecule is c1ccc2c(c1)[nH]c[n+]2-c1nc(NC2CCCCC2)nc2nc[nH]c12. The van der Waals surface area contributed by atoms with Crippen LogP contribution in [0.5, 0.6) is 0 Å². The Morgan fingerprint density at radius 3 is 2.84 bits per heavy atom. The molecule has 0 spiro atoms. The summed E-state index contributed by atoms with van der Waals surface area (Å²) in [5, 5.41) is 3.51. The molecule has 0 amide bonds. The average Bonchev–Trinajstić information content (AvgIpc) is 3.29. The molecule has 1 saturated carbocycles. The number of aromatic nitrogens is 6. The Kier molecular flexibility index (Phi) is 3.36. The summed E-state index contributed by atoms with van der Waals surface area (Å²) in [4.78, 5) is 20.2. The molecular weight excluding hydrogens is 314 g/mol. The van der Waals surface area contributed by atoms with E-state index >= 15 is 0 Å². The summed E-state index contributed by atoms with van der Waals surface area (Å²) in [6.45, 7) is 0. The van der Waals surface area contributed by atoms with Crippen molar-refractivity contribution in [2.75, 3.05) is 5.32 Å². The van der Waals surface area contributed by atoms with Crippen LogP contribution in [-0.2, 0) is 0 Å². The number of fused-ring (bicyclic) bond motifs is 2. The van der Waals surface area contributed by atoms with Crippen molar-refractivity contribution >= 4 is 28.1 Å². The molecule has 7 nitrogen and oxygen atoms in total. The van der Waals surface area contributed by atoms with Crippen LogP contribution in [0.4, 0.5) is 5.95 Å². The van der Waals surface area contributed by atoms with Gasteiger partial charge in [-0.05, 0) is 25.0 Å². The highest BCUT2D eigenvalue weighted by atomic mass is 15.2. The zero-order chi connectivity index (χ0) is 16.6. The number of imidazole rings is 2. The van der Waals surface area contributed by atoms with Gasteiger partial charge in [-0.25, -0.2) is 4.98 Å². The molecule has 4 aromatic rings. The minimum atomic E-state index is 0.450. The molecule has 1 fully saturated rings. The van der Waals surface area contributed by atoms with Crippen molar-refractivity contribution in [1.29, 1.82) is 0 Å². The van der Waals surface area contributed by atoms with E-state index in [1.165, 1.54) is 32.1 Å². The molecular formula is C18H20N7+. The standard InChI is InChI=1S/C18H19N7/c1-2-6-12(7-3-1)22-18-23-16-15(19-10-20-16)17(24-18)25-11-21-13-8-4-5-9-14(13)25/h4-5,8-12H,1-3,6-7H2,(H2,19,20,22,23,24)/p+1. The van der Waals surface area contributed by atoms with Crippen LogP contribution in [0.2, 0.25) is 0 Å². The number of aromatic amines is 2. The quantitative estimate of drug-likeness (QED) is 0.503. The van der Waals surface area contributed by atoms with E-state index in [0.717, 1.165) is 22.4 Å². The van der Waals surface area contributed by atoms with Crippen LogP contribution >= 0.6 is 0 Å². The average molecular weight is 334 g/mol. The van der Waals surface area contributed by atoms with Crippen LogP contribution in [0.25, 0.3) is 28.0 Å². The third kappa shape index (κ3) is 2.52. The Labute approximate surface area is 144 Å². The van der Waals surface area contributed by atoms with Gasteiger partial charge in [-0.1, -0.05) is 36.4 Å². The van der Waals surface area contributed by atoms with E-state index in [9.17, 15) is 0 Å². The molecule has 0 unspecified atom stereocenters. The Bertz CT molecular complexity index is 1030. The van der Waals surface area contributed by atoms with Gasteiger partial charge in [0.15, 0.2) is 17.5 Å². The second kappa shape index (κ2) is 5.84. The number of H-pyrrole nitrogens is 2. The second-order valence-corrected chi connectivity index (χ2v) is 6.61. The first-order chi connectivity index (χ1) is 12.4. The maximum atomic E-state index is 4.81. The molecule has 0 atom stereocenters. The van der Waals surface area contributed by atoms with E-state index in [1.54, 1.807) is 6.33 Å². The molecule has 25 heavy (non-hydrogen) atoms. The maximum absolute atomic E-state index is 4.81. The molecule has 0 saturated heterocycles. The molecule has 7 heteroatoms. The van der Waals surface area contributed by atoms with Crippen LogP contribution in [0.3, 0.4) is 0 Å². The van der Waals surface area contributed by atoms with Crippen molar-refractivity contribution in [1.82, 2.24) is 24.9 Å². The van der Waals surface area contributed by atoms with Gasteiger partial charge in [-0.15, -0.1) is 0 Å². The number of hydrogen-bond acceptors (Lipinski definition) is 4. The van der Waals surface area contributed by atoms with Gasteiger partial charge in [-0.2, -0.15) is 9.55 Å². The zero-order valence-electron chi connectivity index (χ0n) is 13.9. The molecule has 3 aromatic heterocycles. The van der Waals surface area contributed by atoms with Crippen LogP contribution in [-0.4, -0.2) is 31.0 Å². The fourth-order valence-electron chi connectivity index (χ4n) is 3.67. The number of nitrogens with zero attached hydrogens (tertiary/aromatic N) is 4. The summed E-state index contributed by atoms with van der Waals surface area (Å²) in [7, 11) is 0. The Morgan fingerprint density at radius 2 is 1.92 bits per heavy atom. The Hall–Kier alpha value is -2.96. The van der Waals surface area contributed by atoms with Crippen LogP contribution < -0.4 is 9.88 Å². The fraction of sp³-hybridized carbons (Fsp3) is 0.333. The number of para-hydroxylation sites is 2. The third-order valence-electron chi connectivity index (χ3n) is 4.95. The molecule has 0 radical (unpaired) electrons. The molecule has 1 aliphatic rings. The molecule has 5 rings (SSSR count). The van der Waals surface area contributed by atoms with Crippen molar-refractivity contribution < 1.29 is 4.57 Å². The second-order valence-electron chi connectivity index (χ2n) is 6.61. The van der Waals surface area contributed by atoms with Crippen LogP contribution in [0.15, 0.2) is 36.9 Å². The summed E-state index contributed by atoms with van der Waals surface area (Å²) in [6, 6.07) is 8.62. The molecule has 0 aliphatic heterocycles. The maximum Gasteiger partial charge on any atom is 0.302 e. The van der Waals surface area contributed by atoms with Gasteiger partial charge < -0.3 is 10.3 Å². The lowest BCUT2D eigenvalue weighted by Gasteiger charge is -2.21. The predicted molar refractivity (Wildman–Crippen MR) is 95.6 cm³/mol. The number of benzene rings is 1. The molecule has 3 heterocycles. The van der Waals surface area contributed by atoms with Gasteiger partial charge in [0.1, 0.15) is 11.0 Å². The van der Waals surface area contributed by atoms with Crippen molar-refractivity contribution in [3.8, 4) is 5.82 Å². The van der Waals surface area contributed by atoms with E-state index in [0.29, 0.717) is 17.6 Å². The van der Waals surface area contributed by atoms with Crippen molar-refractivity contribution in [2.24, 2.45) is 0 Å². The summed E-state index contributed by atoms with van der Waals surface area (Å²) >= 11 is 0. The zero-order valence-corrected chi connectivity index (χ0v) is 13.9. The fourth-order valence-corrected chi connectivity index (χ4v) is 3.67. The van der Waals surface area contributed by atoms with Gasteiger partial charge in [-0.3, -0.25) is 4.98 Å². The minimum absolute atomic E-state index is 0.450. The lowest BCUT2D eigenvalue weighted by Crippen LogP contribution is -2.32. The smallest absolute Gasteiger partial charge is 0.302 e. The van der Waals surface area contributed by atoms with Gasteiger partial charge in [0.05, 0.1) is 6.33 Å². The summed E-state index contributed by atoms with van der Waals surface area (Å²) in [6.07, 6.45) is 9.82. The van der Waals surface area contributed by atoms with Crippen LogP contribution in [0, 0.1) is 0 Å². The van der Waals surface area contributed by atoms with Gasteiger partial charge in [0.25, 0.3) is 5.82 Å². The number of nitrogens with one attached hydrogen (secondary N) is 3. The highest BCUT2D eigenvalue weighted by molar-refractivity contribution is 5.79. The lowest BCUT2D eigenvalue weighted by molar-refractivity contribution is -0.569. The first kappa shape index (κ1) is 14.4. The summed E-state index contributed by atoms with van der Waals surface area (Å²) in [5.41, 5.74) is 3.65. The van der Waals surface area contributed by atoms with Gasteiger partial charge >= 0.3 is 5.95 Å². The van der Waals surface area contributed by atoms with Gasteiger partial charge in [0.2, 0.25) is 0 Å². The van der Waals surface area contributed by atoms with Gasteiger partial charge in [0, 0.05) is 6.04 Å². The third-order valence-corrected chi connectivity index (χ3v) is 4.95. The van der Waals surface area contributed by atoms with E-state index in [-0.39, 0.29) is 0 Å². The molecule has 1 aromatic carbocycles. The summed E-state index contributed by atoms with van der Waals surface area (Å²) in [5.74, 6) is 1.46. The van der Waals surface area contributed by atoms with E-state index in [2.05, 4.69) is 37.4 Å². The number of hydrogen-bond donors (Lipinski definition) is 3. The first-order valence-electron chi connectivity index (χ1n) is 8.84. The first-order valence-corrected chi connectivity index (χ1v) is 8.84. The Balaban J connectivity index is 1.62. The highest BCUT2D eigenvalue weighted by Crippen LogP contribution is 2.22. The number of rotatable bonds is 3. The van der Waals surface area contributed by atoms with Crippen molar-refractivity contribution in [3.63, 3.8) is 0 Å². The predicted octanol–water partition coefficient (Wildman–Crippen LogP) is 2.86. The lowest BCUT2D eigenvalue weighted by atomic mass is 9.96. The number of anilines is 1. The van der Waals surface area contributed by atoms with E-state index < -0.39 is 0 Å². The molecule has 0 bridgehead atoms. The normalized spacial score (nSPS) is 15.8. The topological polar surface area (TPSA) is 86.2 Å². The van der Waals surface area contributed by atoms with Crippen molar-refractivity contribution in [3.05, 3.63) is 36.9 Å². The largest absolute Gasteiger partial charge is 0.338 e.